The number of methoxy groups -OCH3 is 2. The zero-order chi connectivity index (χ0) is 19.2. The molecular weight excluding hydrogens is 535 g/mol. The summed E-state index contributed by atoms with van der Waals surface area (Å²) in [6.07, 6.45) is 0. The Bertz CT molecular complexity index is 974. The van der Waals surface area contributed by atoms with E-state index in [0.717, 1.165) is 40.4 Å². The molecule has 0 fully saturated rings. The van der Waals surface area contributed by atoms with Gasteiger partial charge in [-0.1, -0.05) is 0 Å². The topological polar surface area (TPSA) is 18.5 Å². The molecule has 27 heavy (non-hydrogen) atoms. The van der Waals surface area contributed by atoms with Gasteiger partial charge in [-0.25, -0.2) is 0 Å². The summed E-state index contributed by atoms with van der Waals surface area (Å²) in [7, 11) is 3.31. The van der Waals surface area contributed by atoms with E-state index >= 15 is 0 Å². The van der Waals surface area contributed by atoms with Crippen LogP contribution in [0.25, 0.3) is 0 Å². The molecule has 3 rings (SSSR count). The van der Waals surface area contributed by atoms with Crippen molar-refractivity contribution < 1.29 is 9.47 Å². The van der Waals surface area contributed by atoms with E-state index < -0.39 is 0 Å². The molecule has 0 aliphatic heterocycles. The summed E-state index contributed by atoms with van der Waals surface area (Å²) in [4.78, 5) is 0. The zero-order valence-corrected chi connectivity index (χ0v) is 19.5. The van der Waals surface area contributed by atoms with Crippen LogP contribution in [0.5, 0.6) is 11.5 Å². The van der Waals surface area contributed by atoms with Gasteiger partial charge in [-0.3, -0.25) is 0 Å². The molecule has 2 aromatic carbocycles. The zero-order valence-electron chi connectivity index (χ0n) is 14.6. The monoisotopic (exact) mass is 548 g/mol. The molecule has 0 amide bonds. The average molecular weight is 549 g/mol. The normalized spacial score (nSPS) is 9.63. The van der Waals surface area contributed by atoms with E-state index in [1.807, 2.05) is 48.5 Å². The molecule has 1 heterocycles. The average Bonchev–Trinajstić information content (AvgIpc) is 2.99. The minimum atomic E-state index is 0.0661. The van der Waals surface area contributed by atoms with Gasteiger partial charge in [0.1, 0.15) is 0 Å². The Kier molecular flexibility index (Phi) is 6.89. The van der Waals surface area contributed by atoms with Crippen molar-refractivity contribution in [1.82, 2.24) is 0 Å². The fourth-order valence-electron chi connectivity index (χ4n) is 2.16. The molecule has 134 valence electrons. The first kappa shape index (κ1) is 19.9. The number of benzene rings is 2. The summed E-state index contributed by atoms with van der Waals surface area (Å²) < 4.78 is 14.5. The van der Waals surface area contributed by atoms with Gasteiger partial charge in [0.15, 0.2) is 0 Å². The number of halogens is 2. The SMILES string of the molecule is COc1ccc(C#Cc2[se]c(C#Cc3ccc(OC)cc3)c(Br)c2Br)cc1. The molecule has 0 saturated carbocycles. The Hall–Kier alpha value is -1.88. The molecule has 5 heteroatoms. The Morgan fingerprint density at radius 2 is 1.00 bits per heavy atom. The van der Waals surface area contributed by atoms with E-state index in [4.69, 9.17) is 9.47 Å². The fraction of sp³-hybridized carbons (Fsp3) is 0.0909. The molecule has 0 radical (unpaired) electrons. The Labute approximate surface area is 181 Å². The first-order valence-electron chi connectivity index (χ1n) is 7.90. The van der Waals surface area contributed by atoms with Crippen molar-refractivity contribution in [2.24, 2.45) is 0 Å². The predicted molar refractivity (Wildman–Crippen MR) is 117 cm³/mol. The predicted octanol–water partition coefficient (Wildman–Crippen LogP) is 5.09. The Morgan fingerprint density at radius 3 is 1.33 bits per heavy atom. The molecule has 0 N–H and O–H groups in total. The Morgan fingerprint density at radius 1 is 0.630 bits per heavy atom. The van der Waals surface area contributed by atoms with Crippen molar-refractivity contribution in [3.63, 3.8) is 0 Å². The van der Waals surface area contributed by atoms with Crippen LogP contribution >= 0.6 is 31.9 Å². The summed E-state index contributed by atoms with van der Waals surface area (Å²) in [5.41, 5.74) is 1.90. The van der Waals surface area contributed by atoms with Crippen LogP contribution in [-0.2, 0) is 0 Å². The van der Waals surface area contributed by atoms with Crippen LogP contribution < -0.4 is 9.47 Å². The fourth-order valence-corrected chi connectivity index (χ4v) is 5.85. The summed E-state index contributed by atoms with van der Waals surface area (Å²) in [5.74, 6) is 14.6. The third-order valence-corrected chi connectivity index (χ3v) is 9.06. The van der Waals surface area contributed by atoms with E-state index in [9.17, 15) is 0 Å². The molecule has 0 unspecified atom stereocenters. The molecule has 0 bridgehead atoms. The van der Waals surface area contributed by atoms with E-state index in [1.165, 1.54) is 0 Å². The van der Waals surface area contributed by atoms with Crippen molar-refractivity contribution in [2.45, 2.75) is 0 Å². The standard InChI is InChI=1S/C22H14Br2O2Se/c1-25-17-9-3-15(4-10-17)7-13-19-21(23)22(24)20(27-19)14-8-16-5-11-18(26-2)12-6-16/h3-6,9-12H,1-2H3. The molecule has 0 saturated heterocycles. The van der Waals surface area contributed by atoms with Crippen LogP contribution in [0.15, 0.2) is 57.5 Å². The van der Waals surface area contributed by atoms with Gasteiger partial charge in [0.05, 0.1) is 0 Å². The summed E-state index contributed by atoms with van der Waals surface area (Å²) in [5, 5.41) is 0. The first-order valence-corrected chi connectivity index (χ1v) is 11.2. The van der Waals surface area contributed by atoms with Crippen LogP contribution in [-0.4, -0.2) is 28.7 Å². The maximum absolute atomic E-state index is 5.17. The third-order valence-electron chi connectivity index (χ3n) is 3.62. The molecule has 0 aliphatic carbocycles. The van der Waals surface area contributed by atoms with Gasteiger partial charge >= 0.3 is 183 Å². The van der Waals surface area contributed by atoms with E-state index in [1.54, 1.807) is 14.2 Å². The van der Waals surface area contributed by atoms with Gasteiger partial charge in [-0.15, -0.1) is 0 Å². The second-order valence-electron chi connectivity index (χ2n) is 5.35. The summed E-state index contributed by atoms with van der Waals surface area (Å²) in [6, 6.07) is 15.5. The summed E-state index contributed by atoms with van der Waals surface area (Å²) >= 11 is 7.34. The van der Waals surface area contributed by atoms with Crippen molar-refractivity contribution in [3.8, 4) is 35.2 Å². The van der Waals surface area contributed by atoms with Crippen molar-refractivity contribution in [3.05, 3.63) is 77.5 Å². The molecule has 0 spiro atoms. The number of hydrogen-bond donors (Lipinski definition) is 0. The number of ether oxygens (including phenoxy) is 2. The maximum atomic E-state index is 5.17. The van der Waals surface area contributed by atoms with Gasteiger partial charge < -0.3 is 0 Å². The third kappa shape index (κ3) is 5.10. The van der Waals surface area contributed by atoms with E-state index in [-0.39, 0.29) is 14.5 Å². The van der Waals surface area contributed by atoms with Crippen molar-refractivity contribution in [1.29, 1.82) is 0 Å². The van der Waals surface area contributed by atoms with E-state index in [0.29, 0.717) is 0 Å². The molecule has 3 aromatic rings. The molecule has 1 aromatic heterocycles. The minimum absolute atomic E-state index is 0.0661. The van der Waals surface area contributed by atoms with Crippen LogP contribution in [0.4, 0.5) is 0 Å². The van der Waals surface area contributed by atoms with Gasteiger partial charge in [0.2, 0.25) is 0 Å². The van der Waals surface area contributed by atoms with Crippen LogP contribution in [0, 0.1) is 23.7 Å². The second kappa shape index (κ2) is 9.36. The number of hydrogen-bond acceptors (Lipinski definition) is 2. The van der Waals surface area contributed by atoms with Crippen LogP contribution in [0.3, 0.4) is 0 Å². The molecule has 2 nitrogen and oxygen atoms in total. The molecular formula is C22H14Br2O2Se. The molecule has 0 aliphatic rings. The van der Waals surface area contributed by atoms with Crippen LogP contribution in [0.1, 0.15) is 20.0 Å². The van der Waals surface area contributed by atoms with E-state index in [2.05, 4.69) is 55.5 Å². The van der Waals surface area contributed by atoms with Gasteiger partial charge in [-0.2, -0.15) is 0 Å². The molecule has 0 atom stereocenters. The van der Waals surface area contributed by atoms with Crippen molar-refractivity contribution >= 4 is 46.4 Å². The van der Waals surface area contributed by atoms with Crippen LogP contribution in [0.2, 0.25) is 0 Å². The first-order chi connectivity index (χ1) is 13.1. The second-order valence-corrected chi connectivity index (χ2v) is 9.07. The Balaban J connectivity index is 1.84. The summed E-state index contributed by atoms with van der Waals surface area (Å²) in [6.45, 7) is 0. The quantitative estimate of drug-likeness (QED) is 0.328. The van der Waals surface area contributed by atoms with Gasteiger partial charge in [0, 0.05) is 0 Å². The number of rotatable bonds is 2. The van der Waals surface area contributed by atoms with Crippen molar-refractivity contribution in [2.75, 3.05) is 14.2 Å². The van der Waals surface area contributed by atoms with Gasteiger partial charge in [0.25, 0.3) is 0 Å². The van der Waals surface area contributed by atoms with Gasteiger partial charge in [-0.05, 0) is 0 Å².